The maximum atomic E-state index is 10.7. The molecule has 18 heavy (non-hydrogen) atoms. The van der Waals surface area contributed by atoms with Gasteiger partial charge in [-0.05, 0) is 44.4 Å². The van der Waals surface area contributed by atoms with Gasteiger partial charge in [-0.3, -0.25) is 0 Å². The molecule has 0 aromatic heterocycles. The largest absolute Gasteiger partial charge is 0.393 e. The van der Waals surface area contributed by atoms with Crippen molar-refractivity contribution in [3.8, 4) is 0 Å². The van der Waals surface area contributed by atoms with Crippen LogP contribution in [-0.4, -0.2) is 33.1 Å². The van der Waals surface area contributed by atoms with Crippen molar-refractivity contribution in [3.05, 3.63) is 0 Å². The number of rotatable bonds is 1. The van der Waals surface area contributed by atoms with E-state index in [2.05, 4.69) is 13.8 Å². The Labute approximate surface area is 110 Å². The van der Waals surface area contributed by atoms with Crippen molar-refractivity contribution in [2.45, 2.75) is 71.2 Å². The van der Waals surface area contributed by atoms with Gasteiger partial charge in [0.2, 0.25) is 0 Å². The molecule has 2 saturated carbocycles. The normalized spacial score (nSPS) is 53.3. The fraction of sp³-hybridized carbons (Fsp3) is 1.00. The van der Waals surface area contributed by atoms with Crippen LogP contribution in [0, 0.1) is 23.2 Å². The molecule has 0 bridgehead atoms. The van der Waals surface area contributed by atoms with E-state index in [1.165, 1.54) is 0 Å². The first-order chi connectivity index (χ1) is 8.20. The van der Waals surface area contributed by atoms with Crippen molar-refractivity contribution in [1.82, 2.24) is 0 Å². The van der Waals surface area contributed by atoms with E-state index in [4.69, 9.17) is 0 Å². The molecule has 2 aliphatic carbocycles. The summed E-state index contributed by atoms with van der Waals surface area (Å²) in [4.78, 5) is 0. The van der Waals surface area contributed by atoms with E-state index in [1.54, 1.807) is 0 Å². The highest BCUT2D eigenvalue weighted by molar-refractivity contribution is 5.08. The quantitative estimate of drug-likeness (QED) is 0.672. The molecule has 0 aromatic carbocycles. The monoisotopic (exact) mass is 256 g/mol. The first-order valence-electron chi connectivity index (χ1n) is 7.28. The molecule has 3 N–H and O–H groups in total. The summed E-state index contributed by atoms with van der Waals surface area (Å²) < 4.78 is 0. The minimum absolute atomic E-state index is 0.213. The second kappa shape index (κ2) is 4.46. The van der Waals surface area contributed by atoms with E-state index >= 15 is 0 Å². The van der Waals surface area contributed by atoms with Gasteiger partial charge in [0, 0.05) is 11.3 Å². The van der Waals surface area contributed by atoms with E-state index in [0.29, 0.717) is 18.8 Å². The second-order valence-electron chi connectivity index (χ2n) is 7.33. The molecule has 2 rings (SSSR count). The van der Waals surface area contributed by atoms with Crippen molar-refractivity contribution in [2.24, 2.45) is 23.2 Å². The topological polar surface area (TPSA) is 60.7 Å². The molecule has 0 aliphatic heterocycles. The van der Waals surface area contributed by atoms with E-state index in [1.807, 2.05) is 13.8 Å². The SMILES string of the molecule is CC(C)[C@@H]1CC[C@]2(C)[C@@H]([C@@H]1O)[C@@](C)(O)CC[C@@H]2O. The minimum Gasteiger partial charge on any atom is -0.393 e. The van der Waals surface area contributed by atoms with Crippen LogP contribution in [0.25, 0.3) is 0 Å². The predicted molar refractivity (Wildman–Crippen MR) is 71.0 cm³/mol. The first kappa shape index (κ1) is 14.3. The molecule has 3 heteroatoms. The summed E-state index contributed by atoms with van der Waals surface area (Å²) in [5, 5.41) is 31.6. The Morgan fingerprint density at radius 3 is 2.22 bits per heavy atom. The number of aliphatic hydroxyl groups excluding tert-OH is 2. The molecule has 0 spiro atoms. The summed E-state index contributed by atoms with van der Waals surface area (Å²) in [6.45, 7) is 8.12. The van der Waals surface area contributed by atoms with Crippen LogP contribution in [0.5, 0.6) is 0 Å². The number of hydrogen-bond donors (Lipinski definition) is 3. The smallest absolute Gasteiger partial charge is 0.0679 e. The Kier molecular flexibility index (Phi) is 3.54. The first-order valence-corrected chi connectivity index (χ1v) is 7.28. The third-order valence-corrected chi connectivity index (χ3v) is 5.72. The molecule has 3 nitrogen and oxygen atoms in total. The molecule has 0 unspecified atom stereocenters. The fourth-order valence-electron chi connectivity index (χ4n) is 4.54. The molecule has 0 aromatic rings. The lowest BCUT2D eigenvalue weighted by atomic mass is 9.50. The average molecular weight is 256 g/mol. The summed E-state index contributed by atoms with van der Waals surface area (Å²) in [7, 11) is 0. The average Bonchev–Trinajstić information content (AvgIpc) is 2.23. The molecular formula is C15H28O3. The number of aliphatic hydroxyl groups is 3. The second-order valence-corrected chi connectivity index (χ2v) is 7.33. The van der Waals surface area contributed by atoms with Crippen molar-refractivity contribution in [3.63, 3.8) is 0 Å². The highest BCUT2D eigenvalue weighted by Crippen LogP contribution is 2.56. The van der Waals surface area contributed by atoms with E-state index in [9.17, 15) is 15.3 Å². The zero-order chi connectivity index (χ0) is 13.7. The van der Waals surface area contributed by atoms with Crippen LogP contribution in [0.4, 0.5) is 0 Å². The van der Waals surface area contributed by atoms with Gasteiger partial charge in [0.05, 0.1) is 17.8 Å². The predicted octanol–water partition coefficient (Wildman–Crippen LogP) is 1.94. The van der Waals surface area contributed by atoms with Crippen molar-refractivity contribution in [1.29, 1.82) is 0 Å². The highest BCUT2D eigenvalue weighted by Gasteiger charge is 2.59. The van der Waals surface area contributed by atoms with Crippen LogP contribution in [0.1, 0.15) is 53.4 Å². The lowest BCUT2D eigenvalue weighted by Crippen LogP contribution is -2.63. The lowest BCUT2D eigenvalue weighted by molar-refractivity contribution is -0.219. The van der Waals surface area contributed by atoms with Crippen LogP contribution >= 0.6 is 0 Å². The Morgan fingerprint density at radius 2 is 1.67 bits per heavy atom. The Morgan fingerprint density at radius 1 is 1.06 bits per heavy atom. The van der Waals surface area contributed by atoms with Crippen molar-refractivity contribution < 1.29 is 15.3 Å². The summed E-state index contributed by atoms with van der Waals surface area (Å²) >= 11 is 0. The molecule has 0 radical (unpaired) electrons. The molecule has 0 saturated heterocycles. The van der Waals surface area contributed by atoms with E-state index < -0.39 is 17.8 Å². The maximum absolute atomic E-state index is 10.7. The van der Waals surface area contributed by atoms with Crippen LogP contribution in [0.2, 0.25) is 0 Å². The summed E-state index contributed by atoms with van der Waals surface area (Å²) in [6.07, 6.45) is 2.16. The molecule has 0 amide bonds. The molecular weight excluding hydrogens is 228 g/mol. The summed E-state index contributed by atoms with van der Waals surface area (Å²) in [6, 6.07) is 0. The van der Waals surface area contributed by atoms with Gasteiger partial charge in [-0.2, -0.15) is 0 Å². The van der Waals surface area contributed by atoms with Crippen molar-refractivity contribution >= 4 is 0 Å². The Hall–Kier alpha value is -0.120. The van der Waals surface area contributed by atoms with E-state index in [-0.39, 0.29) is 17.3 Å². The lowest BCUT2D eigenvalue weighted by Gasteiger charge is -2.58. The van der Waals surface area contributed by atoms with Gasteiger partial charge in [-0.1, -0.05) is 20.8 Å². The molecule has 6 atom stereocenters. The number of fused-ring (bicyclic) bond motifs is 1. The van der Waals surface area contributed by atoms with Gasteiger partial charge in [0.1, 0.15) is 0 Å². The van der Waals surface area contributed by atoms with Gasteiger partial charge in [-0.25, -0.2) is 0 Å². The molecule has 106 valence electrons. The van der Waals surface area contributed by atoms with Gasteiger partial charge < -0.3 is 15.3 Å². The van der Waals surface area contributed by atoms with Crippen LogP contribution < -0.4 is 0 Å². The third-order valence-electron chi connectivity index (χ3n) is 5.72. The van der Waals surface area contributed by atoms with Gasteiger partial charge in [-0.15, -0.1) is 0 Å². The minimum atomic E-state index is -0.860. The third kappa shape index (κ3) is 2.00. The molecule has 2 aliphatic rings. The molecule has 2 fully saturated rings. The highest BCUT2D eigenvalue weighted by atomic mass is 16.3. The standard InChI is InChI=1S/C15H28O3/c1-9(2)10-5-7-14(3)11(16)6-8-15(4,18)13(14)12(10)17/h9-13,16-18H,5-8H2,1-4H3/t10-,11-,12+,13+,14-,15-/m0/s1. The zero-order valence-corrected chi connectivity index (χ0v) is 12.1. The molecule has 0 heterocycles. The summed E-state index contributed by atoms with van der Waals surface area (Å²) in [5.74, 6) is 0.439. The van der Waals surface area contributed by atoms with Crippen molar-refractivity contribution in [2.75, 3.05) is 0 Å². The van der Waals surface area contributed by atoms with Crippen LogP contribution in [0.15, 0.2) is 0 Å². The fourth-order valence-corrected chi connectivity index (χ4v) is 4.54. The van der Waals surface area contributed by atoms with Gasteiger partial charge in [0.15, 0.2) is 0 Å². The van der Waals surface area contributed by atoms with Crippen LogP contribution in [-0.2, 0) is 0 Å². The maximum Gasteiger partial charge on any atom is 0.0679 e. The Balaban J connectivity index is 2.35. The van der Waals surface area contributed by atoms with Crippen LogP contribution in [0.3, 0.4) is 0 Å². The van der Waals surface area contributed by atoms with E-state index in [0.717, 1.165) is 12.8 Å². The van der Waals surface area contributed by atoms with Gasteiger partial charge in [0.25, 0.3) is 0 Å². The Bertz CT molecular complexity index is 313. The zero-order valence-electron chi connectivity index (χ0n) is 12.1. The number of hydrogen-bond acceptors (Lipinski definition) is 3. The van der Waals surface area contributed by atoms with Gasteiger partial charge >= 0.3 is 0 Å². The summed E-state index contributed by atoms with van der Waals surface area (Å²) in [5.41, 5.74) is -1.20.